The highest BCUT2D eigenvalue weighted by atomic mass is 127. The van der Waals surface area contributed by atoms with E-state index in [9.17, 15) is 4.79 Å². The van der Waals surface area contributed by atoms with Gasteiger partial charge >= 0.3 is 0 Å². The predicted molar refractivity (Wildman–Crippen MR) is 154 cm³/mol. The van der Waals surface area contributed by atoms with E-state index in [1.807, 2.05) is 50.2 Å². The van der Waals surface area contributed by atoms with Crippen molar-refractivity contribution in [3.05, 3.63) is 92.5 Å². The van der Waals surface area contributed by atoms with Crippen molar-refractivity contribution in [1.82, 2.24) is 5.43 Å². The normalized spacial score (nSPS) is 10.7. The molecule has 0 saturated heterocycles. The van der Waals surface area contributed by atoms with Gasteiger partial charge in [0.25, 0.3) is 5.91 Å². The maximum Gasteiger partial charge on any atom is 0.271 e. The highest BCUT2D eigenvalue weighted by Gasteiger charge is 2.14. The Kier molecular flexibility index (Phi) is 11.1. The number of hydrazone groups is 1. The molecule has 0 heterocycles. The number of amides is 1. The van der Waals surface area contributed by atoms with Crippen LogP contribution in [0.25, 0.3) is 0 Å². The van der Waals surface area contributed by atoms with Gasteiger partial charge in [-0.3, -0.25) is 4.79 Å². The number of benzene rings is 3. The van der Waals surface area contributed by atoms with Crippen molar-refractivity contribution >= 4 is 46.3 Å². The second-order valence-corrected chi connectivity index (χ2v) is 9.17. The number of carbonyl (C=O) groups excluding carboxylic acids is 1. The Hall–Kier alpha value is -3.24. The summed E-state index contributed by atoms with van der Waals surface area (Å²) in [7, 11) is 0. The molecule has 0 atom stereocenters. The Balaban J connectivity index is 1.71. The van der Waals surface area contributed by atoms with Gasteiger partial charge < -0.3 is 18.9 Å². The molecule has 9 heteroatoms. The van der Waals surface area contributed by atoms with E-state index in [0.29, 0.717) is 60.0 Å². The van der Waals surface area contributed by atoms with Gasteiger partial charge in [0, 0.05) is 10.6 Å². The van der Waals surface area contributed by atoms with Gasteiger partial charge in [-0.1, -0.05) is 36.4 Å². The molecule has 0 fully saturated rings. The average Bonchev–Trinajstić information content (AvgIpc) is 2.88. The van der Waals surface area contributed by atoms with E-state index < -0.39 is 0 Å². The van der Waals surface area contributed by atoms with Crippen LogP contribution in [0.4, 0.5) is 0 Å². The van der Waals surface area contributed by atoms with E-state index in [1.165, 1.54) is 0 Å². The summed E-state index contributed by atoms with van der Waals surface area (Å²) < 4.78 is 23.9. The first kappa shape index (κ1) is 28.3. The van der Waals surface area contributed by atoms with E-state index in [0.717, 1.165) is 14.7 Å². The summed E-state index contributed by atoms with van der Waals surface area (Å²) in [5.74, 6) is 1.85. The third-order valence-electron chi connectivity index (χ3n) is 4.85. The van der Waals surface area contributed by atoms with Crippen LogP contribution in [-0.4, -0.2) is 31.9 Å². The smallest absolute Gasteiger partial charge is 0.271 e. The van der Waals surface area contributed by atoms with E-state index in [2.05, 4.69) is 39.7 Å². The quantitative estimate of drug-likeness (QED) is 0.0986. The molecule has 37 heavy (non-hydrogen) atoms. The lowest BCUT2D eigenvalue weighted by Crippen LogP contribution is -2.17. The van der Waals surface area contributed by atoms with Crippen LogP contribution >= 0.6 is 34.2 Å². The van der Waals surface area contributed by atoms with Crippen LogP contribution in [0.15, 0.2) is 72.4 Å². The largest absolute Gasteiger partial charge is 0.490 e. The van der Waals surface area contributed by atoms with E-state index >= 15 is 0 Å². The maximum absolute atomic E-state index is 12.7. The first-order valence-corrected chi connectivity index (χ1v) is 13.1. The molecule has 0 spiro atoms. The van der Waals surface area contributed by atoms with Gasteiger partial charge in [0.15, 0.2) is 23.0 Å². The summed E-state index contributed by atoms with van der Waals surface area (Å²) in [6.07, 6.45) is 3.19. The van der Waals surface area contributed by atoms with E-state index in [-0.39, 0.29) is 5.91 Å². The Morgan fingerprint density at radius 2 is 1.78 bits per heavy atom. The molecular formula is C28H28ClIN2O5. The summed E-state index contributed by atoms with van der Waals surface area (Å²) in [6, 6.07) is 16.2. The van der Waals surface area contributed by atoms with Crippen molar-refractivity contribution < 1.29 is 23.7 Å². The standard InChI is InChI=1S/C28H28ClIN2O5/c1-4-12-36-24-11-10-21(16-25(24)34-5-2)28(33)32-31-17-20-14-23(30)27(26(15-20)35-6-3)37-18-19-8-7-9-22(29)13-19/h4,7-11,13-17H,1,5-6,12,18H2,2-3H3,(H,32,33)/b31-17+. The molecule has 0 aliphatic rings. The minimum atomic E-state index is -0.381. The fourth-order valence-electron chi connectivity index (χ4n) is 3.26. The SMILES string of the molecule is C=CCOc1ccc(C(=O)N/N=C/c2cc(I)c(OCc3cccc(Cl)c3)c(OCC)c2)cc1OCC. The van der Waals surface area contributed by atoms with Gasteiger partial charge in [-0.05, 0) is 90.0 Å². The first-order chi connectivity index (χ1) is 17.9. The third kappa shape index (κ3) is 8.40. The van der Waals surface area contributed by atoms with E-state index in [4.69, 9.17) is 30.5 Å². The molecule has 0 aliphatic heterocycles. The zero-order valence-electron chi connectivity index (χ0n) is 20.6. The first-order valence-electron chi connectivity index (χ1n) is 11.6. The monoisotopic (exact) mass is 634 g/mol. The minimum Gasteiger partial charge on any atom is -0.490 e. The van der Waals surface area contributed by atoms with E-state index in [1.54, 1.807) is 30.5 Å². The lowest BCUT2D eigenvalue weighted by molar-refractivity contribution is 0.0954. The molecule has 0 aliphatic carbocycles. The highest BCUT2D eigenvalue weighted by molar-refractivity contribution is 14.1. The van der Waals surface area contributed by atoms with Crippen LogP contribution in [0.3, 0.4) is 0 Å². The molecule has 3 aromatic rings. The zero-order valence-corrected chi connectivity index (χ0v) is 23.5. The third-order valence-corrected chi connectivity index (χ3v) is 5.88. The lowest BCUT2D eigenvalue weighted by Gasteiger charge is -2.15. The molecule has 0 saturated carbocycles. The number of carbonyl (C=O) groups is 1. The molecule has 194 valence electrons. The Bertz CT molecular complexity index is 1270. The summed E-state index contributed by atoms with van der Waals surface area (Å²) in [4.78, 5) is 12.7. The fraction of sp³-hybridized carbons (Fsp3) is 0.214. The minimum absolute atomic E-state index is 0.336. The molecule has 0 aromatic heterocycles. The summed E-state index contributed by atoms with van der Waals surface area (Å²) in [5, 5.41) is 4.77. The van der Waals surface area contributed by atoms with Crippen molar-refractivity contribution in [2.24, 2.45) is 5.10 Å². The van der Waals surface area contributed by atoms with Crippen LogP contribution in [0.2, 0.25) is 5.02 Å². The second-order valence-electron chi connectivity index (χ2n) is 7.57. The Labute approximate surface area is 235 Å². The molecule has 0 bridgehead atoms. The molecular weight excluding hydrogens is 607 g/mol. The summed E-state index contributed by atoms with van der Waals surface area (Å²) in [5.41, 5.74) is 4.63. The van der Waals surface area contributed by atoms with Crippen LogP contribution in [-0.2, 0) is 6.61 Å². The van der Waals surface area contributed by atoms with Crippen molar-refractivity contribution in [2.45, 2.75) is 20.5 Å². The van der Waals surface area contributed by atoms with Gasteiger partial charge in [-0.25, -0.2) is 5.43 Å². The van der Waals surface area contributed by atoms with Gasteiger partial charge in [0.05, 0.1) is 23.0 Å². The van der Waals surface area contributed by atoms with Crippen LogP contribution < -0.4 is 24.4 Å². The highest BCUT2D eigenvalue weighted by Crippen LogP contribution is 2.35. The van der Waals surface area contributed by atoms with Crippen molar-refractivity contribution in [2.75, 3.05) is 19.8 Å². The Morgan fingerprint density at radius 3 is 2.51 bits per heavy atom. The van der Waals surface area contributed by atoms with Crippen molar-refractivity contribution in [3.8, 4) is 23.0 Å². The molecule has 1 N–H and O–H groups in total. The van der Waals surface area contributed by atoms with Gasteiger partial charge in [-0.2, -0.15) is 5.10 Å². The summed E-state index contributed by atoms with van der Waals surface area (Å²) >= 11 is 8.26. The number of nitrogens with zero attached hydrogens (tertiary/aromatic N) is 1. The predicted octanol–water partition coefficient (Wildman–Crippen LogP) is 6.65. The van der Waals surface area contributed by atoms with Crippen molar-refractivity contribution in [1.29, 1.82) is 0 Å². The topological polar surface area (TPSA) is 78.4 Å². The van der Waals surface area contributed by atoms with Crippen LogP contribution in [0.5, 0.6) is 23.0 Å². The number of hydrogen-bond acceptors (Lipinski definition) is 6. The number of halogens is 2. The number of hydrogen-bond donors (Lipinski definition) is 1. The molecule has 0 unspecified atom stereocenters. The van der Waals surface area contributed by atoms with Gasteiger partial charge in [0.1, 0.15) is 13.2 Å². The van der Waals surface area contributed by atoms with Crippen LogP contribution in [0, 0.1) is 3.57 Å². The zero-order chi connectivity index (χ0) is 26.6. The molecule has 1 amide bonds. The summed E-state index contributed by atoms with van der Waals surface area (Å²) in [6.45, 7) is 8.99. The lowest BCUT2D eigenvalue weighted by atomic mass is 10.2. The maximum atomic E-state index is 12.7. The fourth-order valence-corrected chi connectivity index (χ4v) is 4.26. The average molecular weight is 635 g/mol. The number of ether oxygens (including phenoxy) is 4. The number of rotatable bonds is 13. The van der Waals surface area contributed by atoms with Gasteiger partial charge in [0.2, 0.25) is 0 Å². The second kappa shape index (κ2) is 14.5. The molecule has 0 radical (unpaired) electrons. The molecule has 3 aromatic carbocycles. The van der Waals surface area contributed by atoms with Gasteiger partial charge in [-0.15, -0.1) is 0 Å². The van der Waals surface area contributed by atoms with Crippen LogP contribution in [0.1, 0.15) is 35.3 Å². The molecule has 7 nitrogen and oxygen atoms in total. The van der Waals surface area contributed by atoms with Crippen molar-refractivity contribution in [3.63, 3.8) is 0 Å². The number of nitrogens with one attached hydrogen (secondary N) is 1. The molecule has 3 rings (SSSR count). The Morgan fingerprint density at radius 1 is 1.00 bits per heavy atom.